The first-order valence-corrected chi connectivity index (χ1v) is 11.7. The molecule has 2 rings (SSSR count). The van der Waals surface area contributed by atoms with Crippen LogP contribution in [0.3, 0.4) is 0 Å². The summed E-state index contributed by atoms with van der Waals surface area (Å²) < 4.78 is 0. The summed E-state index contributed by atoms with van der Waals surface area (Å²) in [6.07, 6.45) is 2.86. The number of unbranched alkanes of at least 4 members (excludes halogenated alkanes) is 2. The Morgan fingerprint density at radius 2 is 1.46 bits per heavy atom. The van der Waals surface area contributed by atoms with Gasteiger partial charge in [0.1, 0.15) is 17.8 Å². The lowest BCUT2D eigenvalue weighted by molar-refractivity contribution is -0.128. The van der Waals surface area contributed by atoms with Gasteiger partial charge in [0.25, 0.3) is 0 Å². The molecule has 0 aliphatic carbocycles. The van der Waals surface area contributed by atoms with Gasteiger partial charge < -0.3 is 26.8 Å². The Bertz CT molecular complexity index is 979. The number of hydrogen-bond donors (Lipinski definition) is 5. The van der Waals surface area contributed by atoms with Crippen molar-refractivity contribution in [2.75, 3.05) is 6.54 Å². The molecule has 2 atom stereocenters. The van der Waals surface area contributed by atoms with Crippen LogP contribution in [0.2, 0.25) is 0 Å². The number of phenolic OH excluding ortho intramolecular Hbond substituents is 1. The van der Waals surface area contributed by atoms with E-state index in [1.165, 1.54) is 19.1 Å². The van der Waals surface area contributed by atoms with E-state index < -0.39 is 18.0 Å². The van der Waals surface area contributed by atoms with Crippen molar-refractivity contribution >= 4 is 23.6 Å². The number of carbonyl (C=O) groups is 4. The molecule has 0 saturated carbocycles. The summed E-state index contributed by atoms with van der Waals surface area (Å²) in [5.74, 6) is -1.30. The number of rotatable bonds is 14. The second-order valence-electron chi connectivity index (χ2n) is 8.44. The van der Waals surface area contributed by atoms with Crippen LogP contribution in [0.1, 0.15) is 43.7 Å². The van der Waals surface area contributed by atoms with Gasteiger partial charge >= 0.3 is 0 Å². The molecule has 9 heteroatoms. The Labute approximate surface area is 205 Å². The van der Waals surface area contributed by atoms with Crippen LogP contribution in [0, 0.1) is 0 Å². The Hall–Kier alpha value is -3.88. The predicted molar refractivity (Wildman–Crippen MR) is 132 cm³/mol. The first-order valence-electron chi connectivity index (χ1n) is 11.7. The molecule has 0 spiro atoms. The van der Waals surface area contributed by atoms with Gasteiger partial charge in [-0.2, -0.15) is 0 Å². The molecule has 0 heterocycles. The average Bonchev–Trinajstić information content (AvgIpc) is 2.82. The minimum absolute atomic E-state index is 0.129. The molecule has 0 bridgehead atoms. The highest BCUT2D eigenvalue weighted by Gasteiger charge is 2.20. The maximum atomic E-state index is 12.5. The van der Waals surface area contributed by atoms with E-state index in [1.54, 1.807) is 12.1 Å². The van der Waals surface area contributed by atoms with Crippen LogP contribution >= 0.6 is 0 Å². The van der Waals surface area contributed by atoms with E-state index in [0.29, 0.717) is 38.6 Å². The molecule has 0 aliphatic rings. The van der Waals surface area contributed by atoms with E-state index >= 15 is 0 Å². The highest BCUT2D eigenvalue weighted by atomic mass is 16.3. The van der Waals surface area contributed by atoms with E-state index in [4.69, 9.17) is 5.73 Å². The SMILES string of the molecule is CC(=O)NC(Cc1ccc(O)cc1)C(=O)NCCCCCC(=O)NC(Cc1ccccc1)C(N)=O. The van der Waals surface area contributed by atoms with Crippen molar-refractivity contribution in [3.05, 3.63) is 65.7 Å². The molecular weight excluding hydrogens is 448 g/mol. The molecule has 35 heavy (non-hydrogen) atoms. The van der Waals surface area contributed by atoms with Gasteiger partial charge in [0.2, 0.25) is 23.6 Å². The lowest BCUT2D eigenvalue weighted by atomic mass is 10.0. The number of nitrogens with two attached hydrogens (primary N) is 1. The number of phenols is 1. The zero-order valence-corrected chi connectivity index (χ0v) is 20.0. The van der Waals surface area contributed by atoms with Gasteiger partial charge in [-0.3, -0.25) is 19.2 Å². The fraction of sp³-hybridized carbons (Fsp3) is 0.385. The van der Waals surface area contributed by atoms with Crippen molar-refractivity contribution < 1.29 is 24.3 Å². The highest BCUT2D eigenvalue weighted by Crippen LogP contribution is 2.11. The maximum absolute atomic E-state index is 12.5. The number of nitrogens with one attached hydrogen (secondary N) is 3. The van der Waals surface area contributed by atoms with Crippen LogP contribution < -0.4 is 21.7 Å². The topological polar surface area (TPSA) is 151 Å². The number of aromatic hydroxyl groups is 1. The van der Waals surface area contributed by atoms with Gasteiger partial charge in [0.05, 0.1) is 0 Å². The van der Waals surface area contributed by atoms with E-state index in [2.05, 4.69) is 16.0 Å². The molecule has 2 aromatic carbocycles. The fourth-order valence-corrected chi connectivity index (χ4v) is 3.58. The zero-order chi connectivity index (χ0) is 25.6. The molecule has 0 saturated heterocycles. The van der Waals surface area contributed by atoms with Crippen LogP contribution in [-0.2, 0) is 32.0 Å². The lowest BCUT2D eigenvalue weighted by Crippen LogP contribution is -2.47. The van der Waals surface area contributed by atoms with Gasteiger partial charge in [-0.1, -0.05) is 48.9 Å². The van der Waals surface area contributed by atoms with Crippen molar-refractivity contribution in [1.29, 1.82) is 0 Å². The first-order chi connectivity index (χ1) is 16.7. The third-order valence-electron chi connectivity index (χ3n) is 5.41. The Kier molecular flexibility index (Phi) is 11.3. The van der Waals surface area contributed by atoms with Gasteiger partial charge in [0, 0.05) is 32.7 Å². The van der Waals surface area contributed by atoms with Crippen LogP contribution in [0.4, 0.5) is 0 Å². The number of hydrogen-bond acceptors (Lipinski definition) is 5. The summed E-state index contributed by atoms with van der Waals surface area (Å²) in [5, 5.41) is 17.6. The van der Waals surface area contributed by atoms with Crippen LogP contribution in [0.5, 0.6) is 5.75 Å². The molecule has 0 aliphatic heterocycles. The number of amides is 4. The quantitative estimate of drug-likeness (QED) is 0.257. The molecule has 0 aromatic heterocycles. The van der Waals surface area contributed by atoms with Crippen molar-refractivity contribution in [3.8, 4) is 5.75 Å². The standard InChI is InChI=1S/C26H34N4O5/c1-18(31)29-23(17-20-11-13-21(32)14-12-20)26(35)28-15-7-3-6-10-24(33)30-22(25(27)34)16-19-8-4-2-5-9-19/h2,4-5,8-9,11-14,22-23,32H,3,6-7,10,15-17H2,1H3,(H2,27,34)(H,28,35)(H,29,31)(H,30,33). The number of benzene rings is 2. The van der Waals surface area contributed by atoms with E-state index in [-0.39, 0.29) is 29.9 Å². The summed E-state index contributed by atoms with van der Waals surface area (Å²) in [5.41, 5.74) is 7.16. The van der Waals surface area contributed by atoms with Crippen molar-refractivity contribution in [1.82, 2.24) is 16.0 Å². The van der Waals surface area contributed by atoms with Gasteiger partial charge in [0.15, 0.2) is 0 Å². The van der Waals surface area contributed by atoms with Gasteiger partial charge in [-0.05, 0) is 36.1 Å². The summed E-state index contributed by atoms with van der Waals surface area (Å²) in [7, 11) is 0. The molecule has 6 N–H and O–H groups in total. The Morgan fingerprint density at radius 1 is 0.829 bits per heavy atom. The Balaban J connectivity index is 1.69. The number of primary amides is 1. The molecular formula is C26H34N4O5. The Morgan fingerprint density at radius 3 is 2.09 bits per heavy atom. The third kappa shape index (κ3) is 10.7. The predicted octanol–water partition coefficient (Wildman–Crippen LogP) is 1.33. The van der Waals surface area contributed by atoms with E-state index in [1.807, 2.05) is 30.3 Å². The normalized spacial score (nSPS) is 12.3. The lowest BCUT2D eigenvalue weighted by Gasteiger charge is -2.18. The van der Waals surface area contributed by atoms with Crippen molar-refractivity contribution in [2.24, 2.45) is 5.73 Å². The van der Waals surface area contributed by atoms with Crippen LogP contribution in [0.15, 0.2) is 54.6 Å². The molecule has 0 fully saturated rings. The van der Waals surface area contributed by atoms with E-state index in [9.17, 15) is 24.3 Å². The van der Waals surface area contributed by atoms with Gasteiger partial charge in [-0.15, -0.1) is 0 Å². The monoisotopic (exact) mass is 482 g/mol. The zero-order valence-electron chi connectivity index (χ0n) is 20.0. The van der Waals surface area contributed by atoms with E-state index in [0.717, 1.165) is 11.1 Å². The third-order valence-corrected chi connectivity index (χ3v) is 5.41. The molecule has 4 amide bonds. The van der Waals surface area contributed by atoms with Crippen LogP contribution in [-0.4, -0.2) is 47.4 Å². The molecule has 2 aromatic rings. The minimum atomic E-state index is -0.761. The van der Waals surface area contributed by atoms with Gasteiger partial charge in [-0.25, -0.2) is 0 Å². The molecule has 9 nitrogen and oxygen atoms in total. The summed E-state index contributed by atoms with van der Waals surface area (Å²) in [6.45, 7) is 1.76. The second-order valence-corrected chi connectivity index (χ2v) is 8.44. The number of carbonyl (C=O) groups excluding carboxylic acids is 4. The minimum Gasteiger partial charge on any atom is -0.508 e. The maximum Gasteiger partial charge on any atom is 0.242 e. The summed E-state index contributed by atoms with van der Waals surface area (Å²) in [6, 6.07) is 14.3. The molecule has 188 valence electrons. The highest BCUT2D eigenvalue weighted by molar-refractivity contribution is 5.87. The molecule has 2 unspecified atom stereocenters. The largest absolute Gasteiger partial charge is 0.508 e. The summed E-state index contributed by atoms with van der Waals surface area (Å²) in [4.78, 5) is 48.0. The summed E-state index contributed by atoms with van der Waals surface area (Å²) >= 11 is 0. The smallest absolute Gasteiger partial charge is 0.242 e. The van der Waals surface area contributed by atoms with Crippen molar-refractivity contribution in [3.63, 3.8) is 0 Å². The fourth-order valence-electron chi connectivity index (χ4n) is 3.58. The first kappa shape index (κ1) is 27.4. The second kappa shape index (κ2) is 14.4. The molecule has 0 radical (unpaired) electrons. The van der Waals surface area contributed by atoms with Crippen LogP contribution in [0.25, 0.3) is 0 Å². The van der Waals surface area contributed by atoms with Crippen molar-refractivity contribution in [2.45, 2.75) is 57.5 Å². The average molecular weight is 483 g/mol.